The second-order valence-electron chi connectivity index (χ2n) is 3.35. The van der Waals surface area contributed by atoms with E-state index in [4.69, 9.17) is 0 Å². The first-order valence-corrected chi connectivity index (χ1v) is 4.23. The molecule has 1 heteroatoms. The van der Waals surface area contributed by atoms with Crippen molar-refractivity contribution in [1.82, 2.24) is 0 Å². The predicted molar refractivity (Wildman–Crippen MR) is 49.3 cm³/mol. The summed E-state index contributed by atoms with van der Waals surface area (Å²) in [4.78, 5) is 0. The van der Waals surface area contributed by atoms with Crippen LogP contribution in [0.15, 0.2) is 29.8 Å². The lowest BCUT2D eigenvalue weighted by Gasteiger charge is -2.15. The summed E-state index contributed by atoms with van der Waals surface area (Å²) in [6, 6.07) is 5.76. The fraction of sp³-hybridized carbons (Fsp3) is 0.273. The minimum Gasteiger partial charge on any atom is -0.508 e. The maximum Gasteiger partial charge on any atom is 0.119 e. The molecular weight excluding hydrogens is 148 g/mol. The topological polar surface area (TPSA) is 20.2 Å². The third-order valence-corrected chi connectivity index (χ3v) is 2.37. The van der Waals surface area contributed by atoms with Crippen LogP contribution < -0.4 is 0 Å². The van der Waals surface area contributed by atoms with Crippen LogP contribution in [0.5, 0.6) is 5.75 Å². The maximum absolute atomic E-state index is 9.51. The van der Waals surface area contributed by atoms with Crippen molar-refractivity contribution in [3.05, 3.63) is 41.0 Å². The molecule has 0 aliphatic heterocycles. The summed E-state index contributed by atoms with van der Waals surface area (Å²) in [5, 5.41) is 9.51. The number of fused-ring (bicyclic) bond motifs is 1. The van der Waals surface area contributed by atoms with Crippen LogP contribution in [0, 0.1) is 0 Å². The summed E-state index contributed by atoms with van der Waals surface area (Å²) in [6.45, 7) is 2.13. The molecule has 0 heterocycles. The van der Waals surface area contributed by atoms with Gasteiger partial charge in [-0.3, -0.25) is 0 Å². The Morgan fingerprint density at radius 3 is 3.00 bits per heavy atom. The number of allylic oxidation sites excluding steroid dienone is 2. The highest BCUT2D eigenvalue weighted by Crippen LogP contribution is 2.27. The lowest BCUT2D eigenvalue weighted by atomic mass is 9.92. The van der Waals surface area contributed by atoms with Crippen LogP contribution in [-0.2, 0) is 12.8 Å². The van der Waals surface area contributed by atoms with Crippen molar-refractivity contribution in [1.29, 1.82) is 0 Å². The van der Waals surface area contributed by atoms with Crippen molar-refractivity contribution < 1.29 is 5.11 Å². The number of hydrogen-bond acceptors (Lipinski definition) is 1. The summed E-state index contributed by atoms with van der Waals surface area (Å²) in [7, 11) is 0. The quantitative estimate of drug-likeness (QED) is 0.578. The Labute approximate surface area is 72.4 Å². The molecule has 0 unspecified atom stereocenters. The van der Waals surface area contributed by atoms with Crippen LogP contribution in [0.4, 0.5) is 0 Å². The Morgan fingerprint density at radius 1 is 1.33 bits per heavy atom. The van der Waals surface area contributed by atoms with Gasteiger partial charge in [-0.2, -0.15) is 0 Å². The number of phenols is 1. The summed E-state index contributed by atoms with van der Waals surface area (Å²) >= 11 is 0. The van der Waals surface area contributed by atoms with Gasteiger partial charge in [-0.15, -0.1) is 0 Å². The largest absolute Gasteiger partial charge is 0.508 e. The van der Waals surface area contributed by atoms with E-state index in [0.29, 0.717) is 5.75 Å². The number of phenolic OH excluding ortho intramolecular Hbond substituents is 1. The van der Waals surface area contributed by atoms with Crippen molar-refractivity contribution in [2.45, 2.75) is 19.8 Å². The Morgan fingerprint density at radius 2 is 2.17 bits per heavy atom. The highest BCUT2D eigenvalue weighted by molar-refractivity contribution is 5.44. The third kappa shape index (κ3) is 1.11. The van der Waals surface area contributed by atoms with Gasteiger partial charge in [0.05, 0.1) is 0 Å². The van der Waals surface area contributed by atoms with E-state index in [-0.39, 0.29) is 0 Å². The van der Waals surface area contributed by atoms with E-state index in [0.717, 1.165) is 18.4 Å². The Bertz CT molecular complexity index is 337. The van der Waals surface area contributed by atoms with E-state index in [1.54, 1.807) is 6.07 Å². The van der Waals surface area contributed by atoms with Crippen molar-refractivity contribution >= 4 is 0 Å². The van der Waals surface area contributed by atoms with Crippen molar-refractivity contribution in [3.8, 4) is 5.75 Å². The molecule has 62 valence electrons. The molecule has 0 bridgehead atoms. The second-order valence-corrected chi connectivity index (χ2v) is 3.35. The first-order valence-electron chi connectivity index (χ1n) is 4.23. The number of rotatable bonds is 0. The fourth-order valence-electron chi connectivity index (χ4n) is 1.67. The van der Waals surface area contributed by atoms with E-state index < -0.39 is 0 Å². The first-order chi connectivity index (χ1) is 5.77. The van der Waals surface area contributed by atoms with Gasteiger partial charge in [-0.25, -0.2) is 0 Å². The molecule has 0 saturated heterocycles. The number of hydrogen-bond donors (Lipinski definition) is 1. The predicted octanol–water partition coefficient (Wildman–Crippen LogP) is 2.44. The fourth-order valence-corrected chi connectivity index (χ4v) is 1.67. The van der Waals surface area contributed by atoms with Crippen LogP contribution >= 0.6 is 0 Å². The first kappa shape index (κ1) is 7.41. The van der Waals surface area contributed by atoms with Gasteiger partial charge in [0, 0.05) is 5.56 Å². The van der Waals surface area contributed by atoms with Crippen molar-refractivity contribution in [3.63, 3.8) is 0 Å². The van der Waals surface area contributed by atoms with Crippen LogP contribution in [0.25, 0.3) is 0 Å². The highest BCUT2D eigenvalue weighted by Gasteiger charge is 2.10. The Hall–Kier alpha value is -1.24. The van der Waals surface area contributed by atoms with Crippen molar-refractivity contribution in [2.75, 3.05) is 0 Å². The zero-order valence-electron chi connectivity index (χ0n) is 7.17. The van der Waals surface area contributed by atoms with E-state index in [1.165, 1.54) is 11.1 Å². The second kappa shape index (κ2) is 2.67. The average molecular weight is 160 g/mol. The molecule has 0 aromatic heterocycles. The lowest BCUT2D eigenvalue weighted by Crippen LogP contribution is -2.00. The van der Waals surface area contributed by atoms with E-state index in [2.05, 4.69) is 19.1 Å². The summed E-state index contributed by atoms with van der Waals surface area (Å²) < 4.78 is 0. The van der Waals surface area contributed by atoms with Gasteiger partial charge in [0.1, 0.15) is 5.75 Å². The molecule has 2 rings (SSSR count). The van der Waals surface area contributed by atoms with E-state index in [9.17, 15) is 5.11 Å². The van der Waals surface area contributed by atoms with Gasteiger partial charge in [-0.1, -0.05) is 23.8 Å². The summed E-state index contributed by atoms with van der Waals surface area (Å²) in [6.07, 6.45) is 4.06. The summed E-state index contributed by atoms with van der Waals surface area (Å²) in [5.41, 5.74) is 3.77. The van der Waals surface area contributed by atoms with Gasteiger partial charge in [0.25, 0.3) is 0 Å². The van der Waals surface area contributed by atoms with Crippen LogP contribution in [-0.4, -0.2) is 5.11 Å². The molecule has 1 aromatic carbocycles. The molecule has 1 nitrogen and oxygen atoms in total. The molecule has 1 aliphatic carbocycles. The Kier molecular flexibility index (Phi) is 1.65. The monoisotopic (exact) mass is 160 g/mol. The molecule has 1 aromatic rings. The molecular formula is C11H12O. The van der Waals surface area contributed by atoms with Crippen LogP contribution in [0.3, 0.4) is 0 Å². The molecule has 0 fully saturated rings. The van der Waals surface area contributed by atoms with Gasteiger partial charge in [0.15, 0.2) is 0 Å². The molecule has 12 heavy (non-hydrogen) atoms. The molecule has 0 atom stereocenters. The van der Waals surface area contributed by atoms with Gasteiger partial charge >= 0.3 is 0 Å². The lowest BCUT2D eigenvalue weighted by molar-refractivity contribution is 0.468. The standard InChI is InChI=1S/C11H12O/c1-8-5-6-10-9(7-8)3-2-4-11(10)12/h2-5,12H,6-7H2,1H3. The van der Waals surface area contributed by atoms with Crippen LogP contribution in [0.1, 0.15) is 18.1 Å². The van der Waals surface area contributed by atoms with Gasteiger partial charge in [0.2, 0.25) is 0 Å². The normalized spacial score (nSPS) is 15.2. The average Bonchev–Trinajstić information content (AvgIpc) is 2.04. The van der Waals surface area contributed by atoms with Gasteiger partial charge < -0.3 is 5.11 Å². The number of benzene rings is 1. The highest BCUT2D eigenvalue weighted by atomic mass is 16.3. The van der Waals surface area contributed by atoms with Crippen molar-refractivity contribution in [2.24, 2.45) is 0 Å². The zero-order chi connectivity index (χ0) is 8.55. The minimum atomic E-state index is 0.441. The molecule has 1 N–H and O–H groups in total. The summed E-state index contributed by atoms with van der Waals surface area (Å²) in [5.74, 6) is 0.441. The smallest absolute Gasteiger partial charge is 0.119 e. The minimum absolute atomic E-state index is 0.441. The Balaban J connectivity index is 2.49. The maximum atomic E-state index is 9.51. The third-order valence-electron chi connectivity index (χ3n) is 2.37. The molecule has 0 spiro atoms. The zero-order valence-corrected chi connectivity index (χ0v) is 7.17. The van der Waals surface area contributed by atoms with E-state index >= 15 is 0 Å². The molecule has 0 saturated carbocycles. The SMILES string of the molecule is CC1=CCc2c(O)cccc2C1. The van der Waals surface area contributed by atoms with E-state index in [1.807, 2.05) is 6.07 Å². The molecule has 0 radical (unpaired) electrons. The number of aromatic hydroxyl groups is 1. The molecule has 1 aliphatic rings. The molecule has 0 amide bonds. The van der Waals surface area contributed by atoms with Gasteiger partial charge in [-0.05, 0) is 31.4 Å². The van der Waals surface area contributed by atoms with Crippen LogP contribution in [0.2, 0.25) is 0 Å².